The maximum absolute atomic E-state index is 12.5. The van der Waals surface area contributed by atoms with E-state index in [2.05, 4.69) is 15.0 Å². The number of amides is 1. The lowest BCUT2D eigenvalue weighted by molar-refractivity contribution is -0.142. The van der Waals surface area contributed by atoms with Gasteiger partial charge in [-0.3, -0.25) is 9.59 Å². The zero-order valence-corrected chi connectivity index (χ0v) is 18.5. The highest BCUT2D eigenvalue weighted by molar-refractivity contribution is 7.89. The van der Waals surface area contributed by atoms with E-state index in [1.165, 1.54) is 23.5 Å². The first-order chi connectivity index (χ1) is 14.9. The molecule has 0 saturated carbocycles. The molecule has 2 N–H and O–H groups in total. The van der Waals surface area contributed by atoms with E-state index in [4.69, 9.17) is 14.2 Å². The van der Waals surface area contributed by atoms with Crippen LogP contribution in [0.5, 0.6) is 11.5 Å². The van der Waals surface area contributed by atoms with Gasteiger partial charge >= 0.3 is 5.97 Å². The van der Waals surface area contributed by atoms with Crippen molar-refractivity contribution in [2.75, 3.05) is 31.7 Å². The molecule has 1 aromatic carbocycles. The van der Waals surface area contributed by atoms with Crippen molar-refractivity contribution in [1.82, 2.24) is 9.71 Å². The van der Waals surface area contributed by atoms with Crippen LogP contribution in [-0.4, -0.2) is 51.6 Å². The molecule has 0 radical (unpaired) electrons. The predicted molar refractivity (Wildman–Crippen MR) is 113 cm³/mol. The topological polar surface area (TPSA) is 133 Å². The molecular weight excluding hydrogens is 446 g/mol. The highest BCUT2D eigenvalue weighted by Crippen LogP contribution is 2.31. The minimum absolute atomic E-state index is 0.0234. The Balaban J connectivity index is 1.49. The highest BCUT2D eigenvalue weighted by atomic mass is 32.2. The number of fused-ring (bicyclic) bond motifs is 1. The first-order valence-corrected chi connectivity index (χ1v) is 12.0. The van der Waals surface area contributed by atoms with Crippen LogP contribution >= 0.6 is 11.3 Å². The van der Waals surface area contributed by atoms with Crippen LogP contribution in [0.4, 0.5) is 5.13 Å². The van der Waals surface area contributed by atoms with Crippen LogP contribution in [0.25, 0.3) is 0 Å². The summed E-state index contributed by atoms with van der Waals surface area (Å²) in [6.07, 6.45) is 0.652. The lowest BCUT2D eigenvalue weighted by Gasteiger charge is -2.10. The molecule has 2 aromatic rings. The summed E-state index contributed by atoms with van der Waals surface area (Å²) >= 11 is 1.17. The molecule has 3 rings (SSSR count). The summed E-state index contributed by atoms with van der Waals surface area (Å²) in [5, 5.41) is 4.57. The zero-order chi connectivity index (χ0) is 22.3. The maximum atomic E-state index is 12.5. The van der Waals surface area contributed by atoms with Gasteiger partial charge in [0, 0.05) is 30.8 Å². The number of benzene rings is 1. The molecule has 0 unspecified atom stereocenters. The fraction of sp³-hybridized carbons (Fsp3) is 0.421. The number of esters is 1. The lowest BCUT2D eigenvalue weighted by atomic mass is 10.3. The van der Waals surface area contributed by atoms with E-state index in [0.29, 0.717) is 42.0 Å². The van der Waals surface area contributed by atoms with E-state index in [0.717, 1.165) is 0 Å². The van der Waals surface area contributed by atoms with E-state index in [9.17, 15) is 18.0 Å². The Morgan fingerprint density at radius 2 is 2.00 bits per heavy atom. The number of thiazole rings is 1. The summed E-state index contributed by atoms with van der Waals surface area (Å²) in [6, 6.07) is 4.39. The minimum atomic E-state index is -3.82. The third-order valence-corrected chi connectivity index (χ3v) is 6.37. The summed E-state index contributed by atoms with van der Waals surface area (Å²) in [5.41, 5.74) is 0.494. The van der Waals surface area contributed by atoms with Crippen LogP contribution in [-0.2, 0) is 30.8 Å². The third kappa shape index (κ3) is 6.64. The van der Waals surface area contributed by atoms with Crippen molar-refractivity contribution in [3.05, 3.63) is 29.3 Å². The van der Waals surface area contributed by atoms with Gasteiger partial charge in [0.05, 0.1) is 36.8 Å². The quantitative estimate of drug-likeness (QED) is 0.531. The molecule has 1 aliphatic heterocycles. The number of anilines is 1. The average molecular weight is 470 g/mol. The highest BCUT2D eigenvalue weighted by Gasteiger charge is 2.19. The first-order valence-electron chi connectivity index (χ1n) is 9.66. The smallest absolute Gasteiger partial charge is 0.311 e. The minimum Gasteiger partial charge on any atom is -0.490 e. The molecule has 0 fully saturated rings. The molecule has 10 nitrogen and oxygen atoms in total. The Morgan fingerprint density at radius 3 is 2.77 bits per heavy atom. The monoisotopic (exact) mass is 469 g/mol. The van der Waals surface area contributed by atoms with Gasteiger partial charge < -0.3 is 19.5 Å². The van der Waals surface area contributed by atoms with Gasteiger partial charge in [-0.1, -0.05) is 0 Å². The molecule has 168 valence electrons. The molecule has 1 amide bonds. The first kappa shape index (κ1) is 23.0. The van der Waals surface area contributed by atoms with Gasteiger partial charge in [-0.05, 0) is 19.1 Å². The van der Waals surface area contributed by atoms with Crippen molar-refractivity contribution in [2.24, 2.45) is 0 Å². The van der Waals surface area contributed by atoms with Gasteiger partial charge in [0.25, 0.3) is 0 Å². The zero-order valence-electron chi connectivity index (χ0n) is 16.9. The van der Waals surface area contributed by atoms with Gasteiger partial charge in [-0.15, -0.1) is 11.3 Å². The van der Waals surface area contributed by atoms with Crippen molar-refractivity contribution < 1.29 is 32.2 Å². The van der Waals surface area contributed by atoms with Crippen LogP contribution < -0.4 is 19.5 Å². The standard InChI is InChI=1S/C19H23N3O7S2/c1-2-27-18(24)10-13-12-30-19(21-13)22-17(23)6-7-20-31(25,26)14-4-5-15-16(11-14)29-9-3-8-28-15/h4-5,11-12,20H,2-3,6-10H2,1H3,(H,21,22,23). The van der Waals surface area contributed by atoms with Gasteiger partial charge in [0.15, 0.2) is 16.6 Å². The molecule has 12 heteroatoms. The maximum Gasteiger partial charge on any atom is 0.311 e. The fourth-order valence-corrected chi connectivity index (χ4v) is 4.45. The van der Waals surface area contributed by atoms with E-state index >= 15 is 0 Å². The summed E-state index contributed by atoms with van der Waals surface area (Å²) in [7, 11) is -3.82. The van der Waals surface area contributed by atoms with Crippen LogP contribution in [0.1, 0.15) is 25.5 Å². The molecule has 2 heterocycles. The van der Waals surface area contributed by atoms with E-state index in [-0.39, 0.29) is 30.9 Å². The number of carbonyl (C=O) groups excluding carboxylic acids is 2. The van der Waals surface area contributed by atoms with Gasteiger partial charge in [-0.2, -0.15) is 0 Å². The number of hydrogen-bond donors (Lipinski definition) is 2. The molecule has 1 aromatic heterocycles. The molecule has 31 heavy (non-hydrogen) atoms. The van der Waals surface area contributed by atoms with Crippen molar-refractivity contribution in [3.8, 4) is 11.5 Å². The number of aromatic nitrogens is 1. The predicted octanol–water partition coefficient (Wildman–Crippen LogP) is 1.72. The second-order valence-corrected chi connectivity index (χ2v) is 9.11. The van der Waals surface area contributed by atoms with Crippen LogP contribution in [0.3, 0.4) is 0 Å². The number of rotatable bonds is 9. The number of carbonyl (C=O) groups is 2. The van der Waals surface area contributed by atoms with E-state index in [1.54, 1.807) is 18.4 Å². The Kier molecular flexibility index (Phi) is 7.82. The summed E-state index contributed by atoms with van der Waals surface area (Å²) in [6.45, 7) is 2.87. The van der Waals surface area contributed by atoms with Crippen LogP contribution in [0, 0.1) is 0 Å². The molecule has 0 spiro atoms. The summed E-state index contributed by atoms with van der Waals surface area (Å²) < 4.78 is 43.3. The van der Waals surface area contributed by atoms with Crippen molar-refractivity contribution in [3.63, 3.8) is 0 Å². The Hall–Kier alpha value is -2.70. The molecular formula is C19H23N3O7S2. The van der Waals surface area contributed by atoms with Crippen LogP contribution in [0.2, 0.25) is 0 Å². The largest absolute Gasteiger partial charge is 0.490 e. The van der Waals surface area contributed by atoms with Crippen molar-refractivity contribution >= 4 is 38.4 Å². The molecule has 0 aliphatic carbocycles. The number of ether oxygens (including phenoxy) is 3. The summed E-state index contributed by atoms with van der Waals surface area (Å²) in [5.74, 6) is 0.0790. The molecule has 0 saturated heterocycles. The van der Waals surface area contributed by atoms with E-state index < -0.39 is 21.9 Å². The van der Waals surface area contributed by atoms with Gasteiger partial charge in [0.2, 0.25) is 15.9 Å². The third-order valence-electron chi connectivity index (χ3n) is 4.10. The molecule has 0 atom stereocenters. The number of nitrogens with zero attached hydrogens (tertiary/aromatic N) is 1. The SMILES string of the molecule is CCOC(=O)Cc1csc(NC(=O)CCNS(=O)(=O)c2ccc3c(c2)OCCCO3)n1. The number of nitrogens with one attached hydrogen (secondary N) is 2. The van der Waals surface area contributed by atoms with Crippen LogP contribution in [0.15, 0.2) is 28.5 Å². The number of sulfonamides is 1. The Bertz CT molecular complexity index is 1040. The lowest BCUT2D eigenvalue weighted by Crippen LogP contribution is -2.27. The average Bonchev–Trinajstić information content (AvgIpc) is 3.00. The molecule has 0 bridgehead atoms. The number of hydrogen-bond acceptors (Lipinski definition) is 9. The Labute approximate surface area is 184 Å². The molecule has 1 aliphatic rings. The summed E-state index contributed by atoms with van der Waals surface area (Å²) in [4.78, 5) is 27.7. The second kappa shape index (κ2) is 10.6. The second-order valence-electron chi connectivity index (χ2n) is 6.48. The van der Waals surface area contributed by atoms with Gasteiger partial charge in [0.1, 0.15) is 0 Å². The fourth-order valence-electron chi connectivity index (χ4n) is 2.68. The van der Waals surface area contributed by atoms with E-state index in [1.807, 2.05) is 0 Å². The van der Waals surface area contributed by atoms with Gasteiger partial charge in [-0.25, -0.2) is 18.1 Å². The normalized spacial score (nSPS) is 13.3. The van der Waals surface area contributed by atoms with Crippen molar-refractivity contribution in [1.29, 1.82) is 0 Å². The Morgan fingerprint density at radius 1 is 1.23 bits per heavy atom. The van der Waals surface area contributed by atoms with Crippen molar-refractivity contribution in [2.45, 2.75) is 31.1 Å².